The van der Waals surface area contributed by atoms with Crippen LogP contribution in [0.1, 0.15) is 12.8 Å². The van der Waals surface area contributed by atoms with Crippen molar-refractivity contribution in [2.24, 2.45) is 5.41 Å². The first kappa shape index (κ1) is 17.1. The van der Waals surface area contributed by atoms with E-state index in [1.807, 2.05) is 0 Å². The smallest absolute Gasteiger partial charge is 0.390 e. The summed E-state index contributed by atoms with van der Waals surface area (Å²) in [7, 11) is -4.74. The molecule has 0 aromatic carbocycles. The van der Waals surface area contributed by atoms with E-state index in [1.54, 1.807) is 4.57 Å². The molecule has 0 amide bonds. The molecule has 13 heteroatoms. The van der Waals surface area contributed by atoms with Crippen molar-refractivity contribution in [3.8, 4) is 0 Å². The fourth-order valence-electron chi connectivity index (χ4n) is 4.06. The molecule has 0 aliphatic heterocycles. The number of phosphoric ester groups is 1. The lowest BCUT2D eigenvalue weighted by molar-refractivity contribution is -0.0187. The molecule has 2 aromatic rings. The van der Waals surface area contributed by atoms with Crippen LogP contribution in [0, 0.1) is 5.41 Å². The van der Waals surface area contributed by atoms with Crippen LogP contribution in [0.4, 0.5) is 5.82 Å². The van der Waals surface area contributed by atoms with E-state index in [-0.39, 0.29) is 17.5 Å². The number of nitrogens with zero attached hydrogens (tertiary/aromatic N) is 4. The second-order valence-electron chi connectivity index (χ2n) is 6.51. The number of rotatable bonds is 4. The number of anilines is 1. The molecular weight excluding hydrogens is 377 g/mol. The summed E-state index contributed by atoms with van der Waals surface area (Å²) in [4.78, 5) is 30.1. The number of nitrogens with two attached hydrogens (primary N) is 1. The summed E-state index contributed by atoms with van der Waals surface area (Å²) in [5, 5.41) is 20.4. The molecule has 2 aromatic heterocycles. The van der Waals surface area contributed by atoms with Gasteiger partial charge in [-0.15, -0.1) is 0 Å². The van der Waals surface area contributed by atoms with Gasteiger partial charge in [0.15, 0.2) is 11.5 Å². The lowest BCUT2D eigenvalue weighted by Gasteiger charge is -2.22. The van der Waals surface area contributed by atoms with Crippen LogP contribution in [0.25, 0.3) is 11.2 Å². The van der Waals surface area contributed by atoms with E-state index in [9.17, 15) is 14.8 Å². The van der Waals surface area contributed by atoms with Crippen molar-refractivity contribution in [3.63, 3.8) is 0 Å². The topological polar surface area (TPSA) is 177 Å². The van der Waals surface area contributed by atoms with Crippen LogP contribution in [0.5, 0.6) is 0 Å². The van der Waals surface area contributed by atoms with Crippen LogP contribution >= 0.6 is 19.4 Å². The van der Waals surface area contributed by atoms with Gasteiger partial charge in [0.05, 0.1) is 30.7 Å². The maximum Gasteiger partial charge on any atom is 0.469 e. The van der Waals surface area contributed by atoms with E-state index >= 15 is 0 Å². The third-order valence-electron chi connectivity index (χ3n) is 5.23. The predicted molar refractivity (Wildman–Crippen MR) is 84.4 cm³/mol. The van der Waals surface area contributed by atoms with Gasteiger partial charge in [0.2, 0.25) is 5.28 Å². The van der Waals surface area contributed by atoms with Crippen molar-refractivity contribution in [1.29, 1.82) is 0 Å². The summed E-state index contributed by atoms with van der Waals surface area (Å²) < 4.78 is 17.3. The van der Waals surface area contributed by atoms with Crippen LogP contribution in [0.3, 0.4) is 0 Å². The summed E-state index contributed by atoms with van der Waals surface area (Å²) >= 11 is 5.86. The van der Waals surface area contributed by atoms with E-state index in [0.717, 1.165) is 0 Å². The Morgan fingerprint density at radius 2 is 2.16 bits per heavy atom. The Hall–Kier alpha value is -1.33. The summed E-state index contributed by atoms with van der Waals surface area (Å²) in [6.07, 6.45) is -0.389. The predicted octanol–water partition coefficient (Wildman–Crippen LogP) is -0.618. The van der Waals surface area contributed by atoms with Crippen LogP contribution < -0.4 is 5.73 Å². The molecule has 4 atom stereocenters. The van der Waals surface area contributed by atoms with Crippen molar-refractivity contribution in [3.05, 3.63) is 11.6 Å². The van der Waals surface area contributed by atoms with E-state index in [4.69, 9.17) is 27.1 Å². The lowest BCUT2D eigenvalue weighted by Crippen LogP contribution is -2.33. The Morgan fingerprint density at radius 3 is 2.84 bits per heavy atom. The van der Waals surface area contributed by atoms with Crippen molar-refractivity contribution >= 4 is 36.4 Å². The number of hydrogen-bond donors (Lipinski definition) is 5. The van der Waals surface area contributed by atoms with E-state index < -0.39 is 37.6 Å². The Balaban J connectivity index is 1.81. The first-order valence-corrected chi connectivity index (χ1v) is 9.23. The number of hydrogen-bond acceptors (Lipinski definition) is 8. The van der Waals surface area contributed by atoms with Crippen molar-refractivity contribution in [2.45, 2.75) is 30.6 Å². The zero-order valence-corrected chi connectivity index (χ0v) is 14.3. The largest absolute Gasteiger partial charge is 0.469 e. The van der Waals surface area contributed by atoms with Gasteiger partial charge in [-0.3, -0.25) is 4.52 Å². The molecule has 0 bridgehead atoms. The summed E-state index contributed by atoms with van der Waals surface area (Å²) in [6.45, 7) is -0.427. The molecule has 2 saturated carbocycles. The lowest BCUT2D eigenvalue weighted by atomic mass is 10.00. The Bertz CT molecular complexity index is 919. The van der Waals surface area contributed by atoms with Gasteiger partial charge in [0.1, 0.15) is 5.52 Å². The molecule has 0 spiro atoms. The number of aliphatic hydroxyl groups excluding tert-OH is 2. The summed E-state index contributed by atoms with van der Waals surface area (Å²) in [6, 6.07) is 0. The molecule has 1 unspecified atom stereocenters. The van der Waals surface area contributed by atoms with Crippen LogP contribution in [0.15, 0.2) is 6.33 Å². The molecule has 2 aliphatic carbocycles. The quantitative estimate of drug-likeness (QED) is 0.333. The van der Waals surface area contributed by atoms with Gasteiger partial charge in [-0.05, 0) is 18.0 Å². The summed E-state index contributed by atoms with van der Waals surface area (Å²) in [5.41, 5.74) is 4.48. The fourth-order valence-corrected chi connectivity index (χ4v) is 4.63. The normalized spacial score (nSPS) is 34.4. The number of halogens is 1. The molecule has 2 aliphatic rings. The van der Waals surface area contributed by atoms with Gasteiger partial charge in [-0.1, -0.05) is 0 Å². The number of nitrogen functional groups attached to an aromatic ring is 1. The third kappa shape index (κ3) is 2.32. The number of imidazole rings is 1. The monoisotopic (exact) mass is 391 g/mol. The highest BCUT2D eigenvalue weighted by atomic mass is 35.5. The Labute approximate surface area is 145 Å². The van der Waals surface area contributed by atoms with E-state index in [1.165, 1.54) is 6.33 Å². The molecule has 6 N–H and O–H groups in total. The average Bonchev–Trinajstić information content (AvgIpc) is 2.82. The first-order chi connectivity index (χ1) is 11.6. The van der Waals surface area contributed by atoms with E-state index in [0.29, 0.717) is 17.6 Å². The number of fused-ring (bicyclic) bond motifs is 2. The molecule has 11 nitrogen and oxygen atoms in total. The van der Waals surface area contributed by atoms with E-state index in [2.05, 4.69) is 19.5 Å². The molecule has 4 rings (SSSR count). The molecule has 2 fully saturated rings. The SMILES string of the molecule is Nc1nc(Cl)nc2c1ncn2C12C[C@H](O)[C@H](O)[C@@]1(COP(=O)(O)O)C2. The fraction of sp³-hybridized carbons (Fsp3) is 0.583. The molecule has 136 valence electrons. The van der Waals surface area contributed by atoms with Crippen molar-refractivity contribution in [1.82, 2.24) is 19.5 Å². The van der Waals surface area contributed by atoms with Crippen LogP contribution in [-0.4, -0.2) is 58.3 Å². The van der Waals surface area contributed by atoms with Gasteiger partial charge < -0.3 is 30.3 Å². The Morgan fingerprint density at radius 1 is 1.44 bits per heavy atom. The van der Waals surface area contributed by atoms with Gasteiger partial charge >= 0.3 is 7.82 Å². The van der Waals surface area contributed by atoms with Gasteiger partial charge in [-0.2, -0.15) is 9.97 Å². The summed E-state index contributed by atoms with van der Waals surface area (Å²) in [5.74, 6) is 0.0851. The Kier molecular flexibility index (Phi) is 3.49. The molecular formula is C12H15ClN5O6P. The number of aromatic nitrogens is 4. The zero-order chi connectivity index (χ0) is 18.2. The van der Waals surface area contributed by atoms with Crippen molar-refractivity contribution < 1.29 is 29.1 Å². The van der Waals surface area contributed by atoms with Gasteiger partial charge in [0.25, 0.3) is 0 Å². The first-order valence-electron chi connectivity index (χ1n) is 7.32. The zero-order valence-electron chi connectivity index (χ0n) is 12.7. The van der Waals surface area contributed by atoms with Crippen molar-refractivity contribution in [2.75, 3.05) is 12.3 Å². The standard InChI is InChI=1S/C12H15ClN5O6P/c13-10-16-8(14)6-9(17-10)18(4-15-6)12-1-5(19)7(20)11(12,2-12)3-24-25(21,22)23/h4-5,7,19-20H,1-3H2,(H2,14,16,17)(H2,21,22,23)/t5-,7-,11-,12?/m0/s1. The maximum absolute atomic E-state index is 11.1. The molecule has 2 heterocycles. The molecule has 0 saturated heterocycles. The highest BCUT2D eigenvalue weighted by Crippen LogP contribution is 2.72. The second kappa shape index (κ2) is 5.10. The average molecular weight is 392 g/mol. The minimum Gasteiger partial charge on any atom is -0.390 e. The highest BCUT2D eigenvalue weighted by Gasteiger charge is 2.78. The minimum atomic E-state index is -4.74. The van der Waals surface area contributed by atoms with Crippen LogP contribution in [0.2, 0.25) is 5.28 Å². The minimum absolute atomic E-state index is 0.0834. The van der Waals surface area contributed by atoms with Gasteiger partial charge in [-0.25, -0.2) is 9.55 Å². The van der Waals surface area contributed by atoms with Gasteiger partial charge in [0, 0.05) is 11.8 Å². The second-order valence-corrected chi connectivity index (χ2v) is 8.09. The molecule has 25 heavy (non-hydrogen) atoms. The maximum atomic E-state index is 11.1. The number of aliphatic hydroxyl groups is 2. The van der Waals surface area contributed by atoms with Crippen LogP contribution in [-0.2, 0) is 14.6 Å². The number of phosphoric acid groups is 1. The highest BCUT2D eigenvalue weighted by molar-refractivity contribution is 7.46. The molecule has 0 radical (unpaired) electrons. The third-order valence-corrected chi connectivity index (χ3v) is 5.87.